The monoisotopic (exact) mass is 371 g/mol. The molecule has 1 fully saturated rings. The minimum atomic E-state index is -1.01. The Bertz CT molecular complexity index is 603. The van der Waals surface area contributed by atoms with Crippen LogP contribution in [0.15, 0.2) is 16.4 Å². The quantitative estimate of drug-likeness (QED) is 0.750. The topological polar surface area (TPSA) is 40.6 Å². The number of pyridine rings is 1. The van der Waals surface area contributed by atoms with E-state index in [-0.39, 0.29) is 0 Å². The van der Waals surface area contributed by atoms with Crippen molar-refractivity contribution in [1.29, 1.82) is 0 Å². The summed E-state index contributed by atoms with van der Waals surface area (Å²) in [5.74, 6) is 0.464. The zero-order valence-electron chi connectivity index (χ0n) is 13.7. The van der Waals surface area contributed by atoms with Gasteiger partial charge >= 0.3 is 7.12 Å². The average Bonchev–Trinajstić information content (AvgIpc) is 2.64. The molecule has 1 aromatic heterocycles. The highest BCUT2D eigenvalue weighted by atomic mass is 79.9. The minimum absolute atomic E-state index is 0.464. The van der Waals surface area contributed by atoms with E-state index in [1.165, 1.54) is 13.2 Å². The van der Waals surface area contributed by atoms with E-state index in [1.807, 2.05) is 34.6 Å². The second-order valence-electron chi connectivity index (χ2n) is 6.28. The number of hydrogen-bond donors (Lipinski definition) is 0. The van der Waals surface area contributed by atoms with Crippen LogP contribution < -0.4 is 4.74 Å². The third-order valence-electron chi connectivity index (χ3n) is 4.24. The van der Waals surface area contributed by atoms with Crippen LogP contribution in [0.5, 0.6) is 5.88 Å². The summed E-state index contributed by atoms with van der Waals surface area (Å²) in [6.45, 7) is 9.40. The van der Waals surface area contributed by atoms with Gasteiger partial charge < -0.3 is 14.0 Å². The molecule has 0 aromatic carbocycles. The van der Waals surface area contributed by atoms with E-state index in [9.17, 15) is 4.39 Å². The van der Waals surface area contributed by atoms with Crippen molar-refractivity contribution in [3.8, 4) is 5.88 Å². The average molecular weight is 372 g/mol. The van der Waals surface area contributed by atoms with Crippen molar-refractivity contribution in [2.75, 3.05) is 7.11 Å². The molecular formula is C15H20BBrFNO3. The lowest BCUT2D eigenvalue weighted by Gasteiger charge is -2.32. The van der Waals surface area contributed by atoms with Gasteiger partial charge in [-0.15, -0.1) is 0 Å². The van der Waals surface area contributed by atoms with Gasteiger partial charge in [-0.1, -0.05) is 0 Å². The van der Waals surface area contributed by atoms with Crippen LogP contribution in [0.4, 0.5) is 4.39 Å². The molecule has 7 heteroatoms. The summed E-state index contributed by atoms with van der Waals surface area (Å²) in [4.78, 5) is 4.13. The van der Waals surface area contributed by atoms with Gasteiger partial charge in [0.25, 0.3) is 0 Å². The Morgan fingerprint density at radius 3 is 2.36 bits per heavy atom. The van der Waals surface area contributed by atoms with Gasteiger partial charge in [-0.25, -0.2) is 9.37 Å². The predicted molar refractivity (Wildman–Crippen MR) is 88.4 cm³/mol. The fourth-order valence-corrected chi connectivity index (χ4v) is 2.52. The number of ether oxygens (including phenoxy) is 1. The van der Waals surface area contributed by atoms with Crippen molar-refractivity contribution in [3.63, 3.8) is 0 Å². The lowest BCUT2D eigenvalue weighted by molar-refractivity contribution is 0.00578. The van der Waals surface area contributed by atoms with Crippen LogP contribution in [0.2, 0.25) is 0 Å². The summed E-state index contributed by atoms with van der Waals surface area (Å²) < 4.78 is 31.7. The van der Waals surface area contributed by atoms with Crippen molar-refractivity contribution in [3.05, 3.63) is 27.5 Å². The first kappa shape index (κ1) is 17.4. The molecule has 0 bridgehead atoms. The number of aromatic nitrogens is 1. The van der Waals surface area contributed by atoms with E-state index in [0.717, 1.165) is 5.56 Å². The molecule has 1 aliphatic rings. The van der Waals surface area contributed by atoms with E-state index in [1.54, 1.807) is 6.20 Å². The molecule has 2 heterocycles. The third kappa shape index (κ3) is 3.07. The molecule has 0 saturated carbocycles. The van der Waals surface area contributed by atoms with Crippen LogP contribution in [-0.4, -0.2) is 30.4 Å². The SMILES string of the molecule is COc1ncc(C=C(F)B2OC(C)(C)C(C)(C)O2)c(C)c1Br. The number of nitrogens with zero attached hydrogens (tertiary/aromatic N) is 1. The lowest BCUT2D eigenvalue weighted by Crippen LogP contribution is -2.41. The molecular weight excluding hydrogens is 352 g/mol. The molecule has 1 aliphatic heterocycles. The molecule has 0 atom stereocenters. The Labute approximate surface area is 139 Å². The summed E-state index contributed by atoms with van der Waals surface area (Å²) in [5, 5.41) is 0. The largest absolute Gasteiger partial charge is 0.525 e. The first-order chi connectivity index (χ1) is 10.1. The van der Waals surface area contributed by atoms with Gasteiger partial charge in [0.2, 0.25) is 5.88 Å². The molecule has 0 amide bonds. The Morgan fingerprint density at radius 2 is 1.86 bits per heavy atom. The van der Waals surface area contributed by atoms with E-state index in [0.29, 0.717) is 15.9 Å². The summed E-state index contributed by atoms with van der Waals surface area (Å²) in [7, 11) is 0.526. The molecule has 0 spiro atoms. The predicted octanol–water partition coefficient (Wildman–Crippen LogP) is 4.10. The first-order valence-corrected chi connectivity index (χ1v) is 7.80. The molecule has 1 saturated heterocycles. The van der Waals surface area contributed by atoms with Crippen LogP contribution in [-0.2, 0) is 9.31 Å². The Morgan fingerprint density at radius 1 is 1.32 bits per heavy atom. The summed E-state index contributed by atoms with van der Waals surface area (Å²) in [5.41, 5.74) is -0.160. The standard InChI is InChI=1S/C15H20BBrFNO3/c1-9-10(8-19-13(20-6)12(9)17)7-11(18)16-21-14(2,3)15(4,5)22-16/h7-8H,1-6H3. The zero-order chi connectivity index (χ0) is 16.7. The Kier molecular flexibility index (Phi) is 4.71. The van der Waals surface area contributed by atoms with Gasteiger partial charge in [-0.3, -0.25) is 0 Å². The van der Waals surface area contributed by atoms with E-state index >= 15 is 0 Å². The van der Waals surface area contributed by atoms with E-state index in [2.05, 4.69) is 20.9 Å². The highest BCUT2D eigenvalue weighted by molar-refractivity contribution is 9.10. The highest BCUT2D eigenvalue weighted by Gasteiger charge is 2.53. The van der Waals surface area contributed by atoms with Gasteiger partial charge in [-0.05, 0) is 67.8 Å². The summed E-state index contributed by atoms with van der Waals surface area (Å²) in [6, 6.07) is 0. The molecule has 1 aromatic rings. The van der Waals surface area contributed by atoms with Gasteiger partial charge in [0, 0.05) is 6.20 Å². The van der Waals surface area contributed by atoms with Gasteiger partial charge in [0.1, 0.15) is 5.73 Å². The van der Waals surface area contributed by atoms with Crippen molar-refractivity contribution < 1.29 is 18.4 Å². The normalized spacial score (nSPS) is 20.4. The van der Waals surface area contributed by atoms with Crippen LogP contribution in [0, 0.1) is 6.92 Å². The zero-order valence-corrected chi connectivity index (χ0v) is 15.2. The lowest BCUT2D eigenvalue weighted by atomic mass is 9.86. The van der Waals surface area contributed by atoms with Crippen molar-refractivity contribution in [2.24, 2.45) is 0 Å². The summed E-state index contributed by atoms with van der Waals surface area (Å²) >= 11 is 3.40. The maximum atomic E-state index is 14.5. The fourth-order valence-electron chi connectivity index (χ4n) is 2.03. The maximum absolute atomic E-state index is 14.5. The van der Waals surface area contributed by atoms with Crippen molar-refractivity contribution in [1.82, 2.24) is 4.98 Å². The van der Waals surface area contributed by atoms with Crippen LogP contribution in [0.1, 0.15) is 38.8 Å². The number of rotatable bonds is 3. The van der Waals surface area contributed by atoms with E-state index < -0.39 is 24.0 Å². The molecule has 2 rings (SSSR count). The third-order valence-corrected chi connectivity index (χ3v) is 5.17. The first-order valence-electron chi connectivity index (χ1n) is 7.01. The number of hydrogen-bond acceptors (Lipinski definition) is 4. The van der Waals surface area contributed by atoms with E-state index in [4.69, 9.17) is 14.0 Å². The number of halogens is 2. The molecule has 4 nitrogen and oxygen atoms in total. The second-order valence-corrected chi connectivity index (χ2v) is 7.07. The smallest absolute Gasteiger partial charge is 0.480 e. The Hall–Kier alpha value is -0.915. The molecule has 120 valence electrons. The second kappa shape index (κ2) is 5.94. The van der Waals surface area contributed by atoms with Crippen LogP contribution in [0.25, 0.3) is 6.08 Å². The van der Waals surface area contributed by atoms with Crippen molar-refractivity contribution in [2.45, 2.75) is 45.8 Å². The van der Waals surface area contributed by atoms with Crippen LogP contribution in [0.3, 0.4) is 0 Å². The molecule has 22 heavy (non-hydrogen) atoms. The van der Waals surface area contributed by atoms with Gasteiger partial charge in [0.15, 0.2) is 0 Å². The fraction of sp³-hybridized carbons (Fsp3) is 0.533. The molecule has 0 unspecified atom stereocenters. The highest BCUT2D eigenvalue weighted by Crippen LogP contribution is 2.39. The Balaban J connectivity index is 2.30. The minimum Gasteiger partial charge on any atom is -0.480 e. The van der Waals surface area contributed by atoms with Crippen LogP contribution >= 0.6 is 15.9 Å². The summed E-state index contributed by atoms with van der Waals surface area (Å²) in [6.07, 6.45) is 2.94. The molecule has 0 N–H and O–H groups in total. The molecule has 0 aliphatic carbocycles. The van der Waals surface area contributed by atoms with Crippen molar-refractivity contribution >= 4 is 29.1 Å². The number of methoxy groups -OCH3 is 1. The maximum Gasteiger partial charge on any atom is 0.525 e. The van der Waals surface area contributed by atoms with Gasteiger partial charge in [0.05, 0.1) is 22.8 Å². The molecule has 0 radical (unpaired) electrons. The van der Waals surface area contributed by atoms with Gasteiger partial charge in [-0.2, -0.15) is 0 Å².